The zero-order valence-corrected chi connectivity index (χ0v) is 25.1. The lowest BCUT2D eigenvalue weighted by molar-refractivity contribution is 1.18. The van der Waals surface area contributed by atoms with Crippen LogP contribution in [0.15, 0.2) is 152 Å². The smallest absolute Gasteiger partial charge is 0.160 e. The lowest BCUT2D eigenvalue weighted by Crippen LogP contribution is -1.97. The molecule has 3 nitrogen and oxygen atoms in total. The standard InChI is InChI=1S/C42H25N3S/c1-2-12-26(13-3-1)39-31-16-6-9-19-34(31)43-42(44-39)27-22-24-28(25-23-27)45-35-20-10-7-17-32(35)37-29-14-4-5-15-30(29)41-38(40(37)45)33-18-8-11-21-36(33)46-41/h1-25H/i1D,2D,3D,12D,13D. The van der Waals surface area contributed by atoms with Gasteiger partial charge in [-0.3, -0.25) is 0 Å². The maximum Gasteiger partial charge on any atom is 0.160 e. The fourth-order valence-electron chi connectivity index (χ4n) is 6.91. The predicted octanol–water partition coefficient (Wildman–Crippen LogP) is 11.6. The van der Waals surface area contributed by atoms with Crippen LogP contribution >= 0.6 is 11.3 Å². The summed E-state index contributed by atoms with van der Waals surface area (Å²) < 4.78 is 46.9. The molecule has 0 spiro atoms. The van der Waals surface area contributed by atoms with Gasteiger partial charge in [0.15, 0.2) is 5.82 Å². The summed E-state index contributed by atoms with van der Waals surface area (Å²) >= 11 is 1.83. The summed E-state index contributed by atoms with van der Waals surface area (Å²) in [6.07, 6.45) is 0. The van der Waals surface area contributed by atoms with Gasteiger partial charge in [0, 0.05) is 58.5 Å². The summed E-state index contributed by atoms with van der Waals surface area (Å²) in [7, 11) is 0. The second kappa shape index (κ2) is 9.83. The van der Waals surface area contributed by atoms with Gasteiger partial charge in [0.1, 0.15) is 0 Å². The van der Waals surface area contributed by atoms with E-state index < -0.39 is 18.1 Å². The van der Waals surface area contributed by atoms with Gasteiger partial charge in [-0.1, -0.05) is 109 Å². The molecule has 3 aromatic heterocycles. The van der Waals surface area contributed by atoms with Crippen LogP contribution in [0, 0.1) is 0 Å². The summed E-state index contributed by atoms with van der Waals surface area (Å²) in [5.74, 6) is 0.404. The highest BCUT2D eigenvalue weighted by molar-refractivity contribution is 7.27. The van der Waals surface area contributed by atoms with Crippen LogP contribution < -0.4 is 0 Å². The highest BCUT2D eigenvalue weighted by Gasteiger charge is 2.21. The summed E-state index contributed by atoms with van der Waals surface area (Å²) in [6.45, 7) is 0. The second-order valence-corrected chi connectivity index (χ2v) is 12.4. The molecule has 0 unspecified atom stereocenters. The number of benzene rings is 7. The van der Waals surface area contributed by atoms with Crippen LogP contribution in [0.2, 0.25) is 0 Å². The Morgan fingerprint density at radius 3 is 2.04 bits per heavy atom. The lowest BCUT2D eigenvalue weighted by Gasteiger charge is -2.12. The molecule has 0 saturated carbocycles. The van der Waals surface area contributed by atoms with Crippen LogP contribution in [0.1, 0.15) is 6.85 Å². The van der Waals surface area contributed by atoms with Crippen LogP contribution in [-0.2, 0) is 0 Å². The lowest BCUT2D eigenvalue weighted by atomic mass is 10.00. The third-order valence-corrected chi connectivity index (χ3v) is 10.1. The van der Waals surface area contributed by atoms with Gasteiger partial charge in [-0.05, 0) is 47.9 Å². The van der Waals surface area contributed by atoms with E-state index in [0.29, 0.717) is 22.4 Å². The van der Waals surface area contributed by atoms with Gasteiger partial charge in [-0.25, -0.2) is 9.97 Å². The summed E-state index contributed by atoms with van der Waals surface area (Å²) in [5, 5.41) is 7.98. The minimum Gasteiger partial charge on any atom is -0.309 e. The molecule has 10 aromatic rings. The largest absolute Gasteiger partial charge is 0.309 e. The van der Waals surface area contributed by atoms with Crippen LogP contribution in [0.4, 0.5) is 0 Å². The van der Waals surface area contributed by atoms with E-state index in [4.69, 9.17) is 16.8 Å². The first-order valence-electron chi connectivity index (χ1n) is 17.6. The van der Waals surface area contributed by atoms with Gasteiger partial charge in [0.05, 0.1) is 29.1 Å². The third kappa shape index (κ3) is 3.65. The topological polar surface area (TPSA) is 30.7 Å². The van der Waals surface area contributed by atoms with Crippen LogP contribution in [-0.4, -0.2) is 14.5 Å². The molecule has 0 aliphatic carbocycles. The zero-order valence-electron chi connectivity index (χ0n) is 29.3. The Hall–Kier alpha value is -5.84. The first-order valence-corrected chi connectivity index (χ1v) is 15.9. The van der Waals surface area contributed by atoms with Gasteiger partial charge in [-0.15, -0.1) is 11.3 Å². The maximum atomic E-state index is 8.67. The maximum absolute atomic E-state index is 8.67. The van der Waals surface area contributed by atoms with Crippen LogP contribution in [0.25, 0.3) is 92.0 Å². The molecule has 0 fully saturated rings. The molecule has 4 heteroatoms. The third-order valence-electron chi connectivity index (χ3n) is 8.87. The van der Waals surface area contributed by atoms with Crippen molar-refractivity contribution in [2.24, 2.45) is 0 Å². The highest BCUT2D eigenvalue weighted by atomic mass is 32.1. The van der Waals surface area contributed by atoms with E-state index >= 15 is 0 Å². The van der Waals surface area contributed by atoms with E-state index in [0.717, 1.165) is 16.8 Å². The molecule has 0 atom stereocenters. The van der Waals surface area contributed by atoms with Crippen molar-refractivity contribution in [2.45, 2.75) is 0 Å². The quantitative estimate of drug-likeness (QED) is 0.200. The Morgan fingerprint density at radius 1 is 0.543 bits per heavy atom. The zero-order chi connectivity index (χ0) is 34.5. The molecule has 0 bridgehead atoms. The average Bonchev–Trinajstić information content (AvgIpc) is 3.73. The molecule has 0 radical (unpaired) electrons. The highest BCUT2D eigenvalue weighted by Crippen LogP contribution is 2.47. The SMILES string of the molecule is [2H]c1c([2H])c([2H])c(-c2nc(-c3ccc(-n4c5ccccc5c5c6ccccc6c6sc7ccccc7c6c54)cc3)nc3ccccc23)c([2H])c1[2H]. The van der Waals surface area contributed by atoms with E-state index in [1.165, 1.54) is 47.2 Å². The molecular formula is C42H25N3S. The average molecular weight is 609 g/mol. The van der Waals surface area contributed by atoms with Crippen molar-refractivity contribution in [3.63, 3.8) is 0 Å². The molecule has 0 aliphatic rings. The Labute approximate surface area is 275 Å². The molecule has 0 amide bonds. The van der Waals surface area contributed by atoms with Crippen molar-refractivity contribution in [1.82, 2.24) is 14.5 Å². The number of hydrogen-bond donors (Lipinski definition) is 0. The van der Waals surface area contributed by atoms with E-state index in [2.05, 4.69) is 89.5 Å². The Morgan fingerprint density at radius 2 is 1.22 bits per heavy atom. The molecule has 3 heterocycles. The molecule has 0 saturated heterocycles. The van der Waals surface area contributed by atoms with E-state index in [-0.39, 0.29) is 17.6 Å². The fraction of sp³-hybridized carbons (Fsp3) is 0. The van der Waals surface area contributed by atoms with Crippen LogP contribution in [0.5, 0.6) is 0 Å². The number of para-hydroxylation sites is 2. The predicted molar refractivity (Wildman–Crippen MR) is 195 cm³/mol. The molecule has 0 N–H and O–H groups in total. The monoisotopic (exact) mass is 608 g/mol. The molecule has 46 heavy (non-hydrogen) atoms. The van der Waals surface area contributed by atoms with Crippen molar-refractivity contribution in [3.8, 4) is 28.3 Å². The number of nitrogens with zero attached hydrogens (tertiary/aromatic N) is 3. The molecule has 0 aliphatic heterocycles. The van der Waals surface area contributed by atoms with E-state index in [1.54, 1.807) is 0 Å². The van der Waals surface area contributed by atoms with Gasteiger partial charge in [-0.2, -0.15) is 0 Å². The summed E-state index contributed by atoms with van der Waals surface area (Å²) in [5.41, 5.74) is 4.99. The fourth-order valence-corrected chi connectivity index (χ4v) is 8.15. The van der Waals surface area contributed by atoms with Crippen LogP contribution in [0.3, 0.4) is 0 Å². The Bertz CT molecular complexity index is 3060. The normalized spacial score (nSPS) is 13.4. The van der Waals surface area contributed by atoms with Crippen molar-refractivity contribution < 1.29 is 6.85 Å². The molecule has 10 rings (SSSR count). The molecule has 7 aromatic carbocycles. The number of aromatic nitrogens is 3. The van der Waals surface area contributed by atoms with Gasteiger partial charge in [0.25, 0.3) is 0 Å². The van der Waals surface area contributed by atoms with Gasteiger partial charge >= 0.3 is 0 Å². The number of hydrogen-bond acceptors (Lipinski definition) is 3. The first-order chi connectivity index (χ1) is 24.9. The Kier molecular flexibility index (Phi) is 4.49. The Balaban J connectivity index is 1.23. The summed E-state index contributed by atoms with van der Waals surface area (Å²) in [6, 6.07) is 39.6. The minimum atomic E-state index is -0.436. The van der Waals surface area contributed by atoms with Crippen molar-refractivity contribution >= 4 is 75.0 Å². The van der Waals surface area contributed by atoms with E-state index in [1.807, 2.05) is 47.7 Å². The second-order valence-electron chi connectivity index (χ2n) is 11.4. The number of rotatable bonds is 3. The summed E-state index contributed by atoms with van der Waals surface area (Å²) in [4.78, 5) is 9.76. The van der Waals surface area contributed by atoms with Gasteiger partial charge in [0.2, 0.25) is 0 Å². The van der Waals surface area contributed by atoms with Crippen molar-refractivity contribution in [1.29, 1.82) is 0 Å². The number of thiophene rings is 1. The number of fused-ring (bicyclic) bond motifs is 11. The van der Waals surface area contributed by atoms with Gasteiger partial charge < -0.3 is 4.57 Å². The molecule has 214 valence electrons. The molecular weight excluding hydrogens is 579 g/mol. The first kappa shape index (κ1) is 21.0. The van der Waals surface area contributed by atoms with E-state index in [9.17, 15) is 0 Å². The van der Waals surface area contributed by atoms with Crippen molar-refractivity contribution in [2.75, 3.05) is 0 Å². The van der Waals surface area contributed by atoms with Crippen molar-refractivity contribution in [3.05, 3.63) is 152 Å². The minimum absolute atomic E-state index is 0.0574.